The van der Waals surface area contributed by atoms with E-state index < -0.39 is 11.9 Å². The molecule has 3 aromatic rings. The van der Waals surface area contributed by atoms with Gasteiger partial charge >= 0.3 is 5.97 Å². The zero-order valence-corrected chi connectivity index (χ0v) is 17.3. The van der Waals surface area contributed by atoms with Crippen LogP contribution in [0, 0.1) is 5.92 Å². The van der Waals surface area contributed by atoms with Crippen molar-refractivity contribution < 1.29 is 14.7 Å². The first-order chi connectivity index (χ1) is 14.0. The lowest BCUT2D eigenvalue weighted by molar-refractivity contribution is -0.141. The van der Waals surface area contributed by atoms with Crippen LogP contribution in [0.25, 0.3) is 11.1 Å². The molecule has 0 aliphatic rings. The summed E-state index contributed by atoms with van der Waals surface area (Å²) in [6.45, 7) is 0. The summed E-state index contributed by atoms with van der Waals surface area (Å²) in [6, 6.07) is 24.6. The second-order valence-electron chi connectivity index (χ2n) is 6.70. The van der Waals surface area contributed by atoms with Crippen molar-refractivity contribution in [1.29, 1.82) is 0 Å². The van der Waals surface area contributed by atoms with Crippen LogP contribution in [0.3, 0.4) is 0 Å². The third kappa shape index (κ3) is 6.21. The maximum atomic E-state index is 12.6. The molecule has 3 nitrogen and oxygen atoms in total. The Kier molecular flexibility index (Phi) is 7.50. The number of ketones is 1. The monoisotopic (exact) mass is 424 g/mol. The van der Waals surface area contributed by atoms with Gasteiger partial charge in [-0.2, -0.15) is 0 Å². The van der Waals surface area contributed by atoms with Crippen LogP contribution in [-0.4, -0.2) is 22.6 Å². The van der Waals surface area contributed by atoms with Crippen LogP contribution in [0.1, 0.15) is 23.2 Å². The maximum absolute atomic E-state index is 12.6. The van der Waals surface area contributed by atoms with Crippen molar-refractivity contribution in [3.05, 3.63) is 89.4 Å². The Hall–Kier alpha value is -2.56. The van der Waals surface area contributed by atoms with E-state index in [1.807, 2.05) is 66.7 Å². The highest BCUT2D eigenvalue weighted by Gasteiger charge is 2.22. The summed E-state index contributed by atoms with van der Waals surface area (Å²) in [5.74, 6) is -1.10. The molecule has 0 aromatic heterocycles. The Morgan fingerprint density at radius 3 is 2.03 bits per heavy atom. The van der Waals surface area contributed by atoms with E-state index in [-0.39, 0.29) is 12.2 Å². The number of carbonyl (C=O) groups is 2. The van der Waals surface area contributed by atoms with Crippen LogP contribution < -0.4 is 0 Å². The molecule has 0 saturated carbocycles. The third-order valence-corrected chi connectivity index (χ3v) is 5.94. The van der Waals surface area contributed by atoms with Crippen LogP contribution >= 0.6 is 23.4 Å². The van der Waals surface area contributed by atoms with Gasteiger partial charge in [-0.3, -0.25) is 9.59 Å². The molecule has 0 amide bonds. The van der Waals surface area contributed by atoms with Crippen molar-refractivity contribution in [3.8, 4) is 11.1 Å². The number of hydrogen-bond donors (Lipinski definition) is 1. The molecule has 29 heavy (non-hydrogen) atoms. The molecule has 0 heterocycles. The van der Waals surface area contributed by atoms with Gasteiger partial charge in [-0.25, -0.2) is 0 Å². The Labute approximate surface area is 179 Å². The van der Waals surface area contributed by atoms with E-state index in [9.17, 15) is 14.7 Å². The lowest BCUT2D eigenvalue weighted by Crippen LogP contribution is -2.19. The highest BCUT2D eigenvalue weighted by Crippen LogP contribution is 2.24. The summed E-state index contributed by atoms with van der Waals surface area (Å²) in [4.78, 5) is 25.3. The number of halogens is 1. The molecule has 0 aliphatic heterocycles. The maximum Gasteiger partial charge on any atom is 0.306 e. The van der Waals surface area contributed by atoms with Gasteiger partial charge in [-0.05, 0) is 47.6 Å². The van der Waals surface area contributed by atoms with Gasteiger partial charge < -0.3 is 5.11 Å². The van der Waals surface area contributed by atoms with E-state index in [1.54, 1.807) is 23.9 Å². The lowest BCUT2D eigenvalue weighted by Gasteiger charge is -2.12. The number of carboxylic acid groups (broad SMARTS) is 1. The van der Waals surface area contributed by atoms with Gasteiger partial charge in [-0.15, -0.1) is 11.8 Å². The number of benzene rings is 3. The predicted octanol–water partition coefficient (Wildman–Crippen LogP) is 6.46. The molecule has 1 N–H and O–H groups in total. The lowest BCUT2D eigenvalue weighted by atomic mass is 9.95. The van der Waals surface area contributed by atoms with Gasteiger partial charge in [0.05, 0.1) is 5.92 Å². The van der Waals surface area contributed by atoms with Gasteiger partial charge in [0, 0.05) is 21.9 Å². The number of rotatable bonds is 9. The number of Topliss-reactive ketones (excluding diaryl/α,β-unsaturated/α-hetero) is 1. The number of carbonyl (C=O) groups excluding carboxylic acids is 1. The summed E-state index contributed by atoms with van der Waals surface area (Å²) in [5, 5.41) is 10.2. The van der Waals surface area contributed by atoms with Crippen molar-refractivity contribution in [1.82, 2.24) is 0 Å². The smallest absolute Gasteiger partial charge is 0.306 e. The minimum absolute atomic E-state index is 0.00494. The van der Waals surface area contributed by atoms with E-state index in [2.05, 4.69) is 0 Å². The summed E-state index contributed by atoms with van der Waals surface area (Å²) in [7, 11) is 0. The largest absolute Gasteiger partial charge is 0.481 e. The first-order valence-corrected chi connectivity index (χ1v) is 10.7. The quantitative estimate of drug-likeness (QED) is 0.316. The second kappa shape index (κ2) is 10.3. The Balaban J connectivity index is 1.59. The number of aliphatic carboxylic acids is 1. The fraction of sp³-hybridized carbons (Fsp3) is 0.167. The molecule has 0 bridgehead atoms. The van der Waals surface area contributed by atoms with Crippen molar-refractivity contribution in [2.75, 3.05) is 5.75 Å². The zero-order chi connectivity index (χ0) is 20.6. The van der Waals surface area contributed by atoms with E-state index in [0.717, 1.165) is 16.0 Å². The van der Waals surface area contributed by atoms with E-state index in [4.69, 9.17) is 11.6 Å². The normalized spacial score (nSPS) is 11.8. The standard InChI is InChI=1S/C24H21ClO3S/c25-21-12-10-18(11-13-21)17-6-8-19(9-7-17)23(26)16-20(24(27)28)14-15-29-22-4-2-1-3-5-22/h1-13,20H,14-16H2,(H,27,28). The molecule has 0 aliphatic carbocycles. The summed E-state index contributed by atoms with van der Waals surface area (Å²) >= 11 is 7.52. The van der Waals surface area contributed by atoms with Gasteiger partial charge in [0.15, 0.2) is 5.78 Å². The minimum Gasteiger partial charge on any atom is -0.481 e. The van der Waals surface area contributed by atoms with E-state index >= 15 is 0 Å². The first kappa shape index (κ1) is 21.2. The minimum atomic E-state index is -0.926. The van der Waals surface area contributed by atoms with Crippen LogP contribution in [0.15, 0.2) is 83.8 Å². The Morgan fingerprint density at radius 1 is 0.862 bits per heavy atom. The van der Waals surface area contributed by atoms with Gasteiger partial charge in [0.25, 0.3) is 0 Å². The third-order valence-electron chi connectivity index (χ3n) is 4.64. The van der Waals surface area contributed by atoms with E-state index in [0.29, 0.717) is 22.8 Å². The molecule has 0 radical (unpaired) electrons. The molecule has 5 heteroatoms. The van der Waals surface area contributed by atoms with Crippen LogP contribution in [0.2, 0.25) is 5.02 Å². The Bertz CT molecular complexity index is 954. The van der Waals surface area contributed by atoms with Gasteiger partial charge in [0.2, 0.25) is 0 Å². The highest BCUT2D eigenvalue weighted by atomic mass is 35.5. The molecule has 0 spiro atoms. The van der Waals surface area contributed by atoms with Crippen molar-refractivity contribution >= 4 is 35.1 Å². The van der Waals surface area contributed by atoms with Gasteiger partial charge in [-0.1, -0.05) is 66.2 Å². The first-order valence-electron chi connectivity index (χ1n) is 9.33. The molecule has 148 valence electrons. The van der Waals surface area contributed by atoms with Crippen molar-refractivity contribution in [2.45, 2.75) is 17.7 Å². The topological polar surface area (TPSA) is 54.4 Å². The molecule has 1 unspecified atom stereocenters. The molecule has 1 atom stereocenters. The summed E-state index contributed by atoms with van der Waals surface area (Å²) in [5.41, 5.74) is 2.52. The zero-order valence-electron chi connectivity index (χ0n) is 15.8. The Morgan fingerprint density at radius 2 is 1.45 bits per heavy atom. The SMILES string of the molecule is O=C(CC(CCSc1ccccc1)C(=O)O)c1ccc(-c2ccc(Cl)cc2)cc1. The average molecular weight is 425 g/mol. The number of thioether (sulfide) groups is 1. The molecule has 3 rings (SSSR count). The molecular weight excluding hydrogens is 404 g/mol. The summed E-state index contributed by atoms with van der Waals surface area (Å²) < 4.78 is 0. The fourth-order valence-corrected chi connectivity index (χ4v) is 4.09. The molecule has 0 fully saturated rings. The van der Waals surface area contributed by atoms with Gasteiger partial charge in [0.1, 0.15) is 0 Å². The second-order valence-corrected chi connectivity index (χ2v) is 8.30. The van der Waals surface area contributed by atoms with Crippen LogP contribution in [0.5, 0.6) is 0 Å². The molecule has 0 saturated heterocycles. The number of carboxylic acids is 1. The molecule has 3 aromatic carbocycles. The average Bonchev–Trinajstić information content (AvgIpc) is 2.74. The fourth-order valence-electron chi connectivity index (χ4n) is 2.98. The molecular formula is C24H21ClO3S. The summed E-state index contributed by atoms with van der Waals surface area (Å²) in [6.07, 6.45) is 0.453. The van der Waals surface area contributed by atoms with Crippen LogP contribution in [-0.2, 0) is 4.79 Å². The highest BCUT2D eigenvalue weighted by molar-refractivity contribution is 7.99. The van der Waals surface area contributed by atoms with E-state index in [1.165, 1.54) is 0 Å². The predicted molar refractivity (Wildman–Crippen MR) is 119 cm³/mol. The van der Waals surface area contributed by atoms with Crippen molar-refractivity contribution in [2.24, 2.45) is 5.92 Å². The van der Waals surface area contributed by atoms with Crippen LogP contribution in [0.4, 0.5) is 0 Å². The van der Waals surface area contributed by atoms with Crippen molar-refractivity contribution in [3.63, 3.8) is 0 Å². The number of hydrogen-bond acceptors (Lipinski definition) is 3.